The minimum atomic E-state index is 0. The molecule has 0 saturated heterocycles. The molecule has 0 fully saturated rings. The van der Waals surface area contributed by atoms with Crippen LogP contribution < -0.4 is 0 Å². The van der Waals surface area contributed by atoms with Crippen LogP contribution >= 0.6 is 49.6 Å². The van der Waals surface area contributed by atoms with Gasteiger partial charge in [-0.1, -0.05) is 0 Å². The number of hydrogen-bond donors (Lipinski definition) is 0. The molecule has 0 rings (SSSR count). The molecule has 0 aromatic carbocycles. The molecule has 0 aromatic heterocycles. The summed E-state index contributed by atoms with van der Waals surface area (Å²) in [6.45, 7) is 0. The zero-order valence-corrected chi connectivity index (χ0v) is 6.27. The van der Waals surface area contributed by atoms with Crippen molar-refractivity contribution in [3.63, 3.8) is 0 Å². The molecule has 1 radical (unpaired) electrons. The van der Waals surface area contributed by atoms with Gasteiger partial charge in [0.05, 0.1) is 0 Å². The van der Waals surface area contributed by atoms with Gasteiger partial charge >= 0.3 is 0 Å². The average molecular weight is 235 g/mol. The van der Waals surface area contributed by atoms with Crippen LogP contribution in [0.15, 0.2) is 0 Å². The van der Waals surface area contributed by atoms with E-state index in [0.29, 0.717) is 0 Å². The molecule has 0 nitrogen and oxygen atoms in total. The molecule has 0 unspecified atom stereocenters. The first-order valence-corrected chi connectivity index (χ1v) is 0. The average Bonchev–Trinajstić information content (AvgIpc) is 0. The Hall–Kier alpha value is 2.20. The summed E-state index contributed by atoms with van der Waals surface area (Å²) in [5.41, 5.74) is 0. The predicted molar refractivity (Wildman–Crippen MR) is 38.9 cm³/mol. The summed E-state index contributed by atoms with van der Waals surface area (Å²) in [6, 6.07) is 0. The summed E-state index contributed by atoms with van der Waals surface area (Å²) in [7, 11) is 0. The summed E-state index contributed by atoms with van der Waals surface area (Å²) in [5, 5.41) is 0. The molecule has 0 heterocycles. The fourth-order valence-corrected chi connectivity index (χ4v) is 0. The maximum absolute atomic E-state index is 0. The molecule has 0 aliphatic carbocycles. The van der Waals surface area contributed by atoms with Crippen LogP contribution in [-0.2, 0) is 16.8 Å². The van der Waals surface area contributed by atoms with Gasteiger partial charge in [0.2, 0.25) is 0 Å². The topological polar surface area (TPSA) is 0 Å². The van der Waals surface area contributed by atoms with Crippen LogP contribution in [0.5, 0.6) is 0 Å². The second kappa shape index (κ2) is 57.2. The third-order valence-corrected chi connectivity index (χ3v) is 0. The summed E-state index contributed by atoms with van der Waals surface area (Å²) >= 11 is 0. The van der Waals surface area contributed by atoms with Crippen molar-refractivity contribution >= 4 is 67.0 Å². The van der Waals surface area contributed by atoms with Gasteiger partial charge in [-0.25, -0.2) is 0 Å². The van der Waals surface area contributed by atoms with Gasteiger partial charge in [-0.05, 0) is 0 Å². The molecule has 47 valence electrons. The van der Waals surface area contributed by atoms with E-state index >= 15 is 0 Å². The fraction of sp³-hybridized carbons (Fsp3) is 0. The van der Waals surface area contributed by atoms with Crippen LogP contribution in [0.4, 0.5) is 0 Å². The van der Waals surface area contributed by atoms with Gasteiger partial charge < -0.3 is 0 Å². The van der Waals surface area contributed by atoms with Crippen LogP contribution in [0.2, 0.25) is 0 Å². The molecule has 0 spiro atoms. The van der Waals surface area contributed by atoms with Crippen LogP contribution in [0.25, 0.3) is 0 Å². The molecule has 0 atom stereocenters. The molecule has 6 heteroatoms. The first-order valence-electron chi connectivity index (χ1n) is 0. The molecule has 0 saturated carbocycles. The monoisotopic (exact) mass is 233 g/mol. The van der Waals surface area contributed by atoms with Crippen LogP contribution in [0.1, 0.15) is 0 Å². The van der Waals surface area contributed by atoms with Gasteiger partial charge in [0, 0.05) is 16.8 Å². The van der Waals surface area contributed by atoms with E-state index in [0.717, 1.165) is 0 Å². The summed E-state index contributed by atoms with van der Waals surface area (Å²) in [5.74, 6) is 0. The first kappa shape index (κ1) is 87.9. The van der Waals surface area contributed by atoms with Crippen molar-refractivity contribution in [2.45, 2.75) is 0 Å². The molecule has 0 amide bonds. The van der Waals surface area contributed by atoms with Crippen molar-refractivity contribution in [1.29, 1.82) is 0 Å². The van der Waals surface area contributed by atoms with E-state index in [-0.39, 0.29) is 83.8 Å². The van der Waals surface area contributed by atoms with Crippen LogP contribution in [-0.4, -0.2) is 17.4 Å². The third-order valence-electron chi connectivity index (χ3n) is 0. The molecule has 0 aromatic rings. The normalized spacial score (nSPS) is 0. The molecule has 6 heavy (non-hydrogen) atoms. The van der Waals surface area contributed by atoms with Crippen molar-refractivity contribution in [1.82, 2.24) is 0 Å². The van der Waals surface area contributed by atoms with E-state index in [2.05, 4.69) is 0 Å². The van der Waals surface area contributed by atoms with Crippen molar-refractivity contribution in [2.24, 2.45) is 0 Å². The van der Waals surface area contributed by atoms with Crippen molar-refractivity contribution < 1.29 is 16.8 Å². The Kier molecular flexibility index (Phi) is 838. The SMILES string of the molecule is Cl.Cl.Cl.Cl.[AlH3].[Co]. The van der Waals surface area contributed by atoms with E-state index in [9.17, 15) is 0 Å². The number of halogens is 4. The Balaban J connectivity index is 0. The van der Waals surface area contributed by atoms with Crippen molar-refractivity contribution in [3.05, 3.63) is 0 Å². The summed E-state index contributed by atoms with van der Waals surface area (Å²) in [4.78, 5) is 0. The standard InChI is InChI=1S/Al.4ClH.Co.3H/h;4*1H;;;;. The molecule has 0 aliphatic heterocycles. The second-order valence-electron chi connectivity index (χ2n) is 0. The molecule has 0 N–H and O–H groups in total. The largest absolute Gasteiger partial charge is 0.187 e. The van der Waals surface area contributed by atoms with Gasteiger partial charge in [-0.3, -0.25) is 0 Å². The third kappa shape index (κ3) is 34.7. The molecular weight excluding hydrogens is 228 g/mol. The van der Waals surface area contributed by atoms with Gasteiger partial charge in [0.1, 0.15) is 0 Å². The smallest absolute Gasteiger partial charge is 0.147 e. The Morgan fingerprint density at radius 1 is 0.500 bits per heavy atom. The van der Waals surface area contributed by atoms with Crippen molar-refractivity contribution in [2.75, 3.05) is 0 Å². The zero-order chi connectivity index (χ0) is 0. The number of rotatable bonds is 0. The summed E-state index contributed by atoms with van der Waals surface area (Å²) in [6.07, 6.45) is 0. The maximum atomic E-state index is 0. The van der Waals surface area contributed by atoms with Gasteiger partial charge in [0.15, 0.2) is 17.4 Å². The quantitative estimate of drug-likeness (QED) is 0.536. The molecule has 0 bridgehead atoms. The maximum Gasteiger partial charge on any atom is 0.187 e. The minimum Gasteiger partial charge on any atom is -0.147 e. The van der Waals surface area contributed by atoms with E-state index in [1.54, 1.807) is 0 Å². The molecule has 0 aliphatic rings. The second-order valence-corrected chi connectivity index (χ2v) is 0. The van der Waals surface area contributed by atoms with Gasteiger partial charge in [-0.2, -0.15) is 0 Å². The van der Waals surface area contributed by atoms with Gasteiger partial charge in [-0.15, -0.1) is 49.6 Å². The Morgan fingerprint density at radius 2 is 0.500 bits per heavy atom. The minimum absolute atomic E-state index is 0. The first-order chi connectivity index (χ1) is 0. The van der Waals surface area contributed by atoms with Crippen LogP contribution in [0.3, 0.4) is 0 Å². The Bertz CT molecular complexity index is 7.51. The van der Waals surface area contributed by atoms with E-state index < -0.39 is 0 Å². The summed E-state index contributed by atoms with van der Waals surface area (Å²) < 4.78 is 0. The zero-order valence-electron chi connectivity index (χ0n) is 1.97. The van der Waals surface area contributed by atoms with Gasteiger partial charge in [0.25, 0.3) is 0 Å². The molecular formula is H7AlCl4Co. The predicted octanol–water partition coefficient (Wildman–Crippen LogP) is 0.501. The van der Waals surface area contributed by atoms with Crippen molar-refractivity contribution in [3.8, 4) is 0 Å². The van der Waals surface area contributed by atoms with Crippen LogP contribution in [0, 0.1) is 0 Å². The van der Waals surface area contributed by atoms with E-state index in [1.807, 2.05) is 0 Å². The van der Waals surface area contributed by atoms with E-state index in [4.69, 9.17) is 0 Å². The Morgan fingerprint density at radius 3 is 0.500 bits per heavy atom. The van der Waals surface area contributed by atoms with E-state index in [1.165, 1.54) is 0 Å². The Labute approximate surface area is 83.2 Å². The number of hydrogen-bond acceptors (Lipinski definition) is 0. The fourth-order valence-electron chi connectivity index (χ4n) is 0.